The fourth-order valence-electron chi connectivity index (χ4n) is 3.53. The van der Waals surface area contributed by atoms with Gasteiger partial charge in [0, 0.05) is 11.4 Å². The normalized spacial score (nSPS) is 11.9. The Bertz CT molecular complexity index is 1270. The Hall–Kier alpha value is -3.38. The van der Waals surface area contributed by atoms with Crippen molar-refractivity contribution in [3.05, 3.63) is 106 Å². The van der Waals surface area contributed by atoms with Gasteiger partial charge in [-0.1, -0.05) is 60.2 Å². The van der Waals surface area contributed by atoms with E-state index < -0.39 is 0 Å². The maximum Gasteiger partial charge on any atom is 0.258 e. The van der Waals surface area contributed by atoms with Crippen LogP contribution in [0.2, 0.25) is 0 Å². The molecule has 3 aromatic carbocycles. The van der Waals surface area contributed by atoms with Gasteiger partial charge in [-0.3, -0.25) is 9.59 Å². The Morgan fingerprint density at radius 1 is 0.969 bits per heavy atom. The monoisotopic (exact) mass is 443 g/mol. The van der Waals surface area contributed by atoms with Crippen molar-refractivity contribution in [3.63, 3.8) is 0 Å². The van der Waals surface area contributed by atoms with E-state index in [-0.39, 0.29) is 23.3 Å². The first-order valence-electron chi connectivity index (χ1n) is 10.5. The number of para-hydroxylation sites is 1. The van der Waals surface area contributed by atoms with Crippen molar-refractivity contribution < 1.29 is 4.79 Å². The maximum atomic E-state index is 13.5. The second kappa shape index (κ2) is 9.83. The number of nitrogens with zero attached hydrogens (tertiary/aromatic N) is 2. The molecular weight excluding hydrogens is 418 g/mol. The van der Waals surface area contributed by atoms with Gasteiger partial charge in [0.2, 0.25) is 5.91 Å². The average molecular weight is 444 g/mol. The number of benzene rings is 3. The van der Waals surface area contributed by atoms with Crippen LogP contribution in [0, 0.1) is 6.92 Å². The Morgan fingerprint density at radius 2 is 1.66 bits per heavy atom. The van der Waals surface area contributed by atoms with Crippen molar-refractivity contribution in [3.8, 4) is 0 Å². The van der Waals surface area contributed by atoms with Crippen molar-refractivity contribution in [1.82, 2.24) is 14.9 Å². The Morgan fingerprint density at radius 3 is 2.41 bits per heavy atom. The molecule has 1 atom stereocenters. The van der Waals surface area contributed by atoms with Crippen LogP contribution in [0.4, 0.5) is 0 Å². The zero-order valence-electron chi connectivity index (χ0n) is 18.1. The largest absolute Gasteiger partial charge is 0.330 e. The van der Waals surface area contributed by atoms with Crippen LogP contribution in [-0.2, 0) is 17.9 Å². The predicted octanol–water partition coefficient (Wildman–Crippen LogP) is 4.94. The van der Waals surface area contributed by atoms with Crippen LogP contribution in [0.25, 0.3) is 10.9 Å². The van der Waals surface area contributed by atoms with E-state index in [0.717, 1.165) is 10.5 Å². The lowest BCUT2D eigenvalue weighted by Crippen LogP contribution is -2.36. The van der Waals surface area contributed by atoms with Gasteiger partial charge in [-0.05, 0) is 43.7 Å². The Labute approximate surface area is 191 Å². The molecular formula is C26H25N3O2S. The first kappa shape index (κ1) is 21.8. The van der Waals surface area contributed by atoms with Gasteiger partial charge < -0.3 is 9.88 Å². The van der Waals surface area contributed by atoms with Gasteiger partial charge in [0.15, 0.2) is 0 Å². The number of aryl methyl sites for hydroxylation is 1. The average Bonchev–Trinajstić information content (AvgIpc) is 2.80. The van der Waals surface area contributed by atoms with Crippen LogP contribution in [-0.4, -0.2) is 26.0 Å². The molecule has 0 saturated carbocycles. The molecule has 1 amide bonds. The summed E-state index contributed by atoms with van der Waals surface area (Å²) in [7, 11) is 0. The highest BCUT2D eigenvalue weighted by molar-refractivity contribution is 8.00. The summed E-state index contributed by atoms with van der Waals surface area (Å²) >= 11 is 1.53. The number of H-pyrrole nitrogens is 1. The van der Waals surface area contributed by atoms with Gasteiger partial charge in [-0.25, -0.2) is 4.98 Å². The number of nitrogens with one attached hydrogen (secondary N) is 1. The number of hydrogen-bond acceptors (Lipinski definition) is 4. The molecule has 0 radical (unpaired) electrons. The summed E-state index contributed by atoms with van der Waals surface area (Å²) in [5, 5.41) is 0.258. The SMILES string of the molecule is Cc1ccc(S[C@H](C)C(=O)N(Cc2ccccc2)Cc2nc3ccccc3c(=O)[nH]2)cc1. The third-order valence-corrected chi connectivity index (χ3v) is 6.31. The number of aromatic amines is 1. The minimum Gasteiger partial charge on any atom is -0.330 e. The van der Waals surface area contributed by atoms with Gasteiger partial charge in [-0.15, -0.1) is 11.8 Å². The number of rotatable bonds is 7. The first-order valence-corrected chi connectivity index (χ1v) is 11.4. The second-order valence-corrected chi connectivity index (χ2v) is 9.20. The minimum atomic E-state index is -0.284. The molecule has 0 aliphatic heterocycles. The summed E-state index contributed by atoms with van der Waals surface area (Å²) < 4.78 is 0. The van der Waals surface area contributed by atoms with E-state index in [1.54, 1.807) is 11.0 Å². The van der Waals surface area contributed by atoms with E-state index in [0.29, 0.717) is 23.3 Å². The van der Waals surface area contributed by atoms with Crippen LogP contribution in [0.1, 0.15) is 23.9 Å². The summed E-state index contributed by atoms with van der Waals surface area (Å²) in [6, 6.07) is 25.2. The summed E-state index contributed by atoms with van der Waals surface area (Å²) in [4.78, 5) is 36.2. The summed E-state index contributed by atoms with van der Waals surface area (Å²) in [6.45, 7) is 4.63. The molecule has 4 aromatic rings. The molecule has 4 rings (SSSR count). The summed E-state index contributed by atoms with van der Waals surface area (Å²) in [5.41, 5.74) is 2.64. The topological polar surface area (TPSA) is 66.1 Å². The highest BCUT2D eigenvalue weighted by Crippen LogP contribution is 2.26. The van der Waals surface area contributed by atoms with Gasteiger partial charge in [0.1, 0.15) is 5.82 Å². The van der Waals surface area contributed by atoms with E-state index in [1.165, 1.54) is 17.3 Å². The standard InChI is InChI=1S/C26H25N3O2S/c1-18-12-14-21(15-13-18)32-19(2)26(31)29(16-20-8-4-3-5-9-20)17-24-27-23-11-7-6-10-22(23)25(30)28-24/h3-15,19H,16-17H2,1-2H3,(H,27,28,30)/t19-/m1/s1. The third-order valence-electron chi connectivity index (χ3n) is 5.21. The highest BCUT2D eigenvalue weighted by atomic mass is 32.2. The lowest BCUT2D eigenvalue weighted by Gasteiger charge is -2.25. The summed E-state index contributed by atoms with van der Waals surface area (Å²) in [6.07, 6.45) is 0. The van der Waals surface area contributed by atoms with Crippen molar-refractivity contribution in [2.75, 3.05) is 0 Å². The van der Waals surface area contributed by atoms with Crippen LogP contribution in [0.5, 0.6) is 0 Å². The zero-order valence-corrected chi connectivity index (χ0v) is 18.9. The number of hydrogen-bond donors (Lipinski definition) is 1. The van der Waals surface area contributed by atoms with Crippen molar-refractivity contribution in [2.45, 2.75) is 37.1 Å². The minimum absolute atomic E-state index is 0.00441. The van der Waals surface area contributed by atoms with Crippen LogP contribution >= 0.6 is 11.8 Å². The number of thioether (sulfide) groups is 1. The Kier molecular flexibility index (Phi) is 6.71. The van der Waals surface area contributed by atoms with Crippen molar-refractivity contribution in [1.29, 1.82) is 0 Å². The quantitative estimate of drug-likeness (QED) is 0.411. The van der Waals surface area contributed by atoms with Crippen LogP contribution in [0.3, 0.4) is 0 Å². The molecule has 32 heavy (non-hydrogen) atoms. The number of carbonyl (C=O) groups is 1. The highest BCUT2D eigenvalue weighted by Gasteiger charge is 2.23. The van der Waals surface area contributed by atoms with Crippen LogP contribution in [0.15, 0.2) is 88.6 Å². The summed E-state index contributed by atoms with van der Waals surface area (Å²) in [5.74, 6) is 0.473. The van der Waals surface area contributed by atoms with Crippen LogP contribution < -0.4 is 5.56 Å². The third kappa shape index (κ3) is 5.26. The van der Waals surface area contributed by atoms with Crippen molar-refractivity contribution in [2.24, 2.45) is 0 Å². The lowest BCUT2D eigenvalue weighted by molar-refractivity contribution is -0.131. The van der Waals surface area contributed by atoms with E-state index in [9.17, 15) is 9.59 Å². The molecule has 1 heterocycles. The Balaban J connectivity index is 1.60. The molecule has 1 N–H and O–H groups in total. The number of amides is 1. The van der Waals surface area contributed by atoms with E-state index in [1.807, 2.05) is 86.6 Å². The predicted molar refractivity (Wildman–Crippen MR) is 130 cm³/mol. The molecule has 0 fully saturated rings. The molecule has 0 bridgehead atoms. The molecule has 6 heteroatoms. The second-order valence-electron chi connectivity index (χ2n) is 7.78. The van der Waals surface area contributed by atoms with Gasteiger partial charge in [-0.2, -0.15) is 0 Å². The smallest absolute Gasteiger partial charge is 0.258 e. The number of aromatic nitrogens is 2. The first-order chi connectivity index (χ1) is 15.5. The van der Waals surface area contributed by atoms with Gasteiger partial charge in [0.05, 0.1) is 22.7 Å². The molecule has 0 aliphatic rings. The molecule has 0 spiro atoms. The fourth-order valence-corrected chi connectivity index (χ4v) is 4.49. The lowest BCUT2D eigenvalue weighted by atomic mass is 10.2. The number of fused-ring (bicyclic) bond motifs is 1. The zero-order chi connectivity index (χ0) is 22.5. The van der Waals surface area contributed by atoms with Crippen molar-refractivity contribution >= 4 is 28.6 Å². The molecule has 162 valence electrons. The molecule has 5 nitrogen and oxygen atoms in total. The van der Waals surface area contributed by atoms with Gasteiger partial charge >= 0.3 is 0 Å². The van der Waals surface area contributed by atoms with E-state index in [2.05, 4.69) is 9.97 Å². The van der Waals surface area contributed by atoms with Gasteiger partial charge in [0.25, 0.3) is 5.56 Å². The molecule has 0 aliphatic carbocycles. The number of carbonyl (C=O) groups excluding carboxylic acids is 1. The molecule has 0 saturated heterocycles. The fraction of sp³-hybridized carbons (Fsp3) is 0.192. The van der Waals surface area contributed by atoms with E-state index >= 15 is 0 Å². The maximum absolute atomic E-state index is 13.5. The van der Waals surface area contributed by atoms with E-state index in [4.69, 9.17) is 0 Å². The molecule has 1 aromatic heterocycles. The molecule has 0 unspecified atom stereocenters.